The van der Waals surface area contributed by atoms with Gasteiger partial charge in [-0.1, -0.05) is 23.7 Å². The molecule has 0 aliphatic rings. The average molecular weight is 339 g/mol. The predicted molar refractivity (Wildman–Crippen MR) is 92.8 cm³/mol. The summed E-state index contributed by atoms with van der Waals surface area (Å²) in [5, 5.41) is 13.0. The van der Waals surface area contributed by atoms with Crippen molar-refractivity contribution in [2.75, 3.05) is 0 Å². The van der Waals surface area contributed by atoms with Gasteiger partial charge < -0.3 is 10.3 Å². The van der Waals surface area contributed by atoms with Crippen LogP contribution in [-0.2, 0) is 5.54 Å². The molecule has 0 fully saturated rings. The zero-order valence-corrected chi connectivity index (χ0v) is 14.0. The van der Waals surface area contributed by atoms with E-state index in [0.717, 1.165) is 10.9 Å². The van der Waals surface area contributed by atoms with Crippen LogP contribution in [0, 0.1) is 11.3 Å². The smallest absolute Gasteiger partial charge is 0.268 e. The van der Waals surface area contributed by atoms with E-state index in [1.165, 1.54) is 0 Å². The molecule has 0 aliphatic carbocycles. The van der Waals surface area contributed by atoms with Crippen LogP contribution in [-0.4, -0.2) is 15.9 Å². The number of hydrogen-bond acceptors (Lipinski definition) is 3. The van der Waals surface area contributed by atoms with Crippen LogP contribution >= 0.6 is 11.6 Å². The Balaban J connectivity index is 1.86. The molecule has 2 heterocycles. The largest absolute Gasteiger partial charge is 0.348 e. The zero-order valence-electron chi connectivity index (χ0n) is 13.2. The minimum absolute atomic E-state index is 0.239. The maximum absolute atomic E-state index is 12.6. The van der Waals surface area contributed by atoms with E-state index in [2.05, 4.69) is 21.4 Å². The van der Waals surface area contributed by atoms with Gasteiger partial charge in [0.2, 0.25) is 0 Å². The number of aromatic amines is 1. The molecular weight excluding hydrogens is 324 g/mol. The molecule has 0 aliphatic heterocycles. The van der Waals surface area contributed by atoms with Crippen LogP contribution in [0.1, 0.15) is 35.5 Å². The number of halogens is 1. The van der Waals surface area contributed by atoms with Gasteiger partial charge >= 0.3 is 0 Å². The van der Waals surface area contributed by atoms with Gasteiger partial charge in [0.05, 0.1) is 22.7 Å². The van der Waals surface area contributed by atoms with Gasteiger partial charge in [0.15, 0.2) is 5.15 Å². The molecule has 2 N–H and O–H groups in total. The number of carbonyl (C=O) groups is 1. The molecule has 0 radical (unpaired) electrons. The van der Waals surface area contributed by atoms with Gasteiger partial charge in [-0.25, -0.2) is 4.98 Å². The summed E-state index contributed by atoms with van der Waals surface area (Å²) >= 11 is 6.03. The fourth-order valence-corrected chi connectivity index (χ4v) is 2.74. The van der Waals surface area contributed by atoms with E-state index in [4.69, 9.17) is 16.9 Å². The van der Waals surface area contributed by atoms with Crippen molar-refractivity contribution in [1.82, 2.24) is 15.3 Å². The number of H-pyrrole nitrogens is 1. The molecule has 0 saturated carbocycles. The van der Waals surface area contributed by atoms with E-state index < -0.39 is 5.54 Å². The minimum atomic E-state index is -0.593. The quantitative estimate of drug-likeness (QED) is 0.713. The SMILES string of the molecule is CC(C)(NC(=O)c1cc2ccnc(Cl)c2[nH]1)c1ccc(C#N)cc1. The molecule has 0 spiro atoms. The molecule has 1 aromatic carbocycles. The van der Waals surface area contributed by atoms with Gasteiger partial charge in [-0.3, -0.25) is 4.79 Å². The number of amides is 1. The number of nitriles is 1. The topological polar surface area (TPSA) is 81.6 Å². The standard InChI is InChI=1S/C18H15ClN4O/c1-18(2,13-5-3-11(10-20)4-6-13)23-17(24)14-9-12-7-8-21-16(19)15(12)22-14/h3-9,22H,1-2H3,(H,23,24). The van der Waals surface area contributed by atoms with Crippen LogP contribution < -0.4 is 5.32 Å². The highest BCUT2D eigenvalue weighted by atomic mass is 35.5. The third-order valence-electron chi connectivity index (χ3n) is 3.90. The summed E-state index contributed by atoms with van der Waals surface area (Å²) in [6.45, 7) is 3.81. The van der Waals surface area contributed by atoms with Crippen molar-refractivity contribution < 1.29 is 4.79 Å². The van der Waals surface area contributed by atoms with E-state index >= 15 is 0 Å². The first-order valence-electron chi connectivity index (χ1n) is 7.37. The van der Waals surface area contributed by atoms with Crippen molar-refractivity contribution in [3.63, 3.8) is 0 Å². The molecule has 2 aromatic heterocycles. The third kappa shape index (κ3) is 2.97. The lowest BCUT2D eigenvalue weighted by Crippen LogP contribution is -2.41. The predicted octanol–water partition coefficient (Wildman–Crippen LogP) is 3.75. The van der Waals surface area contributed by atoms with E-state index in [-0.39, 0.29) is 5.91 Å². The Hall–Kier alpha value is -2.84. The number of fused-ring (bicyclic) bond motifs is 1. The van der Waals surface area contributed by atoms with Crippen molar-refractivity contribution in [3.05, 3.63) is 64.6 Å². The lowest BCUT2D eigenvalue weighted by molar-refractivity contribution is 0.0908. The zero-order chi connectivity index (χ0) is 17.3. The fraction of sp³-hybridized carbons (Fsp3) is 0.167. The van der Waals surface area contributed by atoms with Crippen LogP contribution in [0.4, 0.5) is 0 Å². The maximum atomic E-state index is 12.6. The number of nitrogens with one attached hydrogen (secondary N) is 2. The molecule has 3 aromatic rings. The van der Waals surface area contributed by atoms with Crippen LogP contribution in [0.5, 0.6) is 0 Å². The van der Waals surface area contributed by atoms with Gasteiger partial charge in [-0.15, -0.1) is 0 Å². The van der Waals surface area contributed by atoms with Crippen LogP contribution in [0.25, 0.3) is 10.9 Å². The highest BCUT2D eigenvalue weighted by Crippen LogP contribution is 2.24. The summed E-state index contributed by atoms with van der Waals surface area (Å²) in [5.74, 6) is -0.239. The highest BCUT2D eigenvalue weighted by molar-refractivity contribution is 6.33. The van der Waals surface area contributed by atoms with Crippen molar-refractivity contribution in [2.45, 2.75) is 19.4 Å². The first-order chi connectivity index (χ1) is 11.4. The number of hydrogen-bond donors (Lipinski definition) is 2. The first kappa shape index (κ1) is 16.0. The Bertz CT molecular complexity index is 951. The molecule has 0 saturated heterocycles. The van der Waals surface area contributed by atoms with Crippen molar-refractivity contribution in [3.8, 4) is 6.07 Å². The second-order valence-electron chi connectivity index (χ2n) is 6.02. The van der Waals surface area contributed by atoms with Crippen molar-refractivity contribution in [2.24, 2.45) is 0 Å². The summed E-state index contributed by atoms with van der Waals surface area (Å²) in [5.41, 5.74) is 1.95. The Morgan fingerprint density at radius 3 is 2.62 bits per heavy atom. The first-order valence-corrected chi connectivity index (χ1v) is 7.75. The summed E-state index contributed by atoms with van der Waals surface area (Å²) in [6.07, 6.45) is 1.60. The van der Waals surface area contributed by atoms with Crippen molar-refractivity contribution >= 4 is 28.4 Å². The van der Waals surface area contributed by atoms with Crippen LogP contribution in [0.3, 0.4) is 0 Å². The Morgan fingerprint density at radius 2 is 2.00 bits per heavy atom. The Kier molecular flexibility index (Phi) is 4.00. The number of nitrogens with zero attached hydrogens (tertiary/aromatic N) is 2. The van der Waals surface area contributed by atoms with Gasteiger partial charge in [0.1, 0.15) is 5.69 Å². The van der Waals surface area contributed by atoms with Crippen LogP contribution in [0.15, 0.2) is 42.6 Å². The summed E-state index contributed by atoms with van der Waals surface area (Å²) in [6, 6.07) is 12.8. The van der Waals surface area contributed by atoms with E-state index in [9.17, 15) is 4.79 Å². The third-order valence-corrected chi connectivity index (χ3v) is 4.19. The van der Waals surface area contributed by atoms with E-state index in [0.29, 0.717) is 21.9 Å². The number of benzene rings is 1. The minimum Gasteiger partial charge on any atom is -0.348 e. The normalized spacial score (nSPS) is 11.2. The van der Waals surface area contributed by atoms with Gasteiger partial charge in [0, 0.05) is 11.6 Å². The number of pyridine rings is 1. The Labute approximate surface area is 144 Å². The monoisotopic (exact) mass is 338 g/mol. The molecule has 120 valence electrons. The van der Waals surface area contributed by atoms with Crippen LogP contribution in [0.2, 0.25) is 5.15 Å². The molecule has 24 heavy (non-hydrogen) atoms. The molecule has 0 bridgehead atoms. The molecular formula is C18H15ClN4O. The van der Waals surface area contributed by atoms with Gasteiger partial charge in [0.25, 0.3) is 5.91 Å². The second-order valence-corrected chi connectivity index (χ2v) is 6.38. The highest BCUT2D eigenvalue weighted by Gasteiger charge is 2.24. The molecule has 3 rings (SSSR count). The van der Waals surface area contributed by atoms with E-state index in [1.807, 2.05) is 26.0 Å². The van der Waals surface area contributed by atoms with Crippen molar-refractivity contribution in [1.29, 1.82) is 5.26 Å². The lowest BCUT2D eigenvalue weighted by atomic mass is 9.93. The van der Waals surface area contributed by atoms with Gasteiger partial charge in [-0.05, 0) is 43.7 Å². The maximum Gasteiger partial charge on any atom is 0.268 e. The molecule has 0 unspecified atom stereocenters. The summed E-state index contributed by atoms with van der Waals surface area (Å²) in [4.78, 5) is 19.6. The average Bonchev–Trinajstić information content (AvgIpc) is 3.00. The lowest BCUT2D eigenvalue weighted by Gasteiger charge is -2.26. The summed E-state index contributed by atoms with van der Waals surface area (Å²) in [7, 11) is 0. The molecule has 6 heteroatoms. The molecule has 0 atom stereocenters. The molecule has 5 nitrogen and oxygen atoms in total. The summed E-state index contributed by atoms with van der Waals surface area (Å²) < 4.78 is 0. The van der Waals surface area contributed by atoms with Gasteiger partial charge in [-0.2, -0.15) is 5.26 Å². The fourth-order valence-electron chi connectivity index (χ4n) is 2.53. The number of carbonyl (C=O) groups excluding carboxylic acids is 1. The number of aromatic nitrogens is 2. The molecule has 1 amide bonds. The Morgan fingerprint density at radius 1 is 1.29 bits per heavy atom. The van der Waals surface area contributed by atoms with E-state index in [1.54, 1.807) is 30.5 Å². The number of rotatable bonds is 3. The second kappa shape index (κ2) is 5.99.